The van der Waals surface area contributed by atoms with E-state index in [0.717, 1.165) is 0 Å². The lowest BCUT2D eigenvalue weighted by Crippen LogP contribution is -2.31. The van der Waals surface area contributed by atoms with Gasteiger partial charge in [0.05, 0.1) is 11.7 Å². The monoisotopic (exact) mass is 152 g/mol. The molecule has 0 amide bonds. The predicted molar refractivity (Wildman–Crippen MR) is 45.5 cm³/mol. The van der Waals surface area contributed by atoms with Gasteiger partial charge in [0.25, 0.3) is 0 Å². The van der Waals surface area contributed by atoms with E-state index in [0.29, 0.717) is 6.10 Å². The molecule has 1 saturated carbocycles. The Bertz CT molecular complexity index is 166. The summed E-state index contributed by atoms with van der Waals surface area (Å²) in [6, 6.07) is 0. The van der Waals surface area contributed by atoms with E-state index < -0.39 is 0 Å². The highest BCUT2D eigenvalue weighted by atomic mass is 16.5. The van der Waals surface area contributed by atoms with Gasteiger partial charge in [0.1, 0.15) is 0 Å². The molecule has 1 heteroatoms. The van der Waals surface area contributed by atoms with Gasteiger partial charge >= 0.3 is 0 Å². The van der Waals surface area contributed by atoms with Crippen LogP contribution in [0.2, 0.25) is 0 Å². The standard InChI is InChI=1S/C10H16O/c1-9-5-8-10(11-9)6-3-2-4-7-10/h5,8-9H,2-4,6-7H2,1H3/t9-/m1/s1. The molecule has 1 nitrogen and oxygen atoms in total. The molecule has 11 heavy (non-hydrogen) atoms. The molecule has 0 bridgehead atoms. The average molecular weight is 152 g/mol. The second kappa shape index (κ2) is 2.63. The molecule has 1 fully saturated rings. The predicted octanol–water partition coefficient (Wildman–Crippen LogP) is 2.66. The third-order valence-corrected chi connectivity index (χ3v) is 2.79. The molecule has 1 aliphatic carbocycles. The van der Waals surface area contributed by atoms with Crippen LogP contribution in [0.3, 0.4) is 0 Å². The molecule has 0 saturated heterocycles. The molecule has 0 aromatic carbocycles. The van der Waals surface area contributed by atoms with Gasteiger partial charge in [0.15, 0.2) is 0 Å². The van der Waals surface area contributed by atoms with E-state index in [1.54, 1.807) is 0 Å². The van der Waals surface area contributed by atoms with E-state index in [1.165, 1.54) is 32.1 Å². The zero-order chi connectivity index (χ0) is 7.73. The highest BCUT2D eigenvalue weighted by molar-refractivity contribution is 5.11. The molecule has 1 heterocycles. The van der Waals surface area contributed by atoms with Gasteiger partial charge in [-0.15, -0.1) is 0 Å². The highest BCUT2D eigenvalue weighted by Gasteiger charge is 2.34. The van der Waals surface area contributed by atoms with Crippen LogP contribution in [-0.2, 0) is 4.74 Å². The van der Waals surface area contributed by atoms with Crippen molar-refractivity contribution in [3.63, 3.8) is 0 Å². The topological polar surface area (TPSA) is 9.23 Å². The van der Waals surface area contributed by atoms with E-state index >= 15 is 0 Å². The zero-order valence-electron chi connectivity index (χ0n) is 7.18. The molecule has 0 radical (unpaired) electrons. The number of rotatable bonds is 0. The molecule has 1 aliphatic heterocycles. The van der Waals surface area contributed by atoms with Crippen molar-refractivity contribution in [1.29, 1.82) is 0 Å². The minimum absolute atomic E-state index is 0.164. The van der Waals surface area contributed by atoms with Crippen molar-refractivity contribution in [3.05, 3.63) is 12.2 Å². The lowest BCUT2D eigenvalue weighted by molar-refractivity contribution is -0.0390. The number of hydrogen-bond donors (Lipinski definition) is 0. The maximum atomic E-state index is 5.88. The Labute approximate surface area is 68.4 Å². The van der Waals surface area contributed by atoms with Crippen LogP contribution in [0, 0.1) is 0 Å². The molecule has 0 N–H and O–H groups in total. The van der Waals surface area contributed by atoms with Crippen molar-refractivity contribution < 1.29 is 4.74 Å². The second-order valence-corrected chi connectivity index (χ2v) is 3.81. The normalized spacial score (nSPS) is 34.8. The summed E-state index contributed by atoms with van der Waals surface area (Å²) in [6.45, 7) is 2.12. The van der Waals surface area contributed by atoms with Gasteiger partial charge < -0.3 is 4.74 Å². The molecule has 0 unspecified atom stereocenters. The van der Waals surface area contributed by atoms with Crippen molar-refractivity contribution in [2.45, 2.75) is 50.7 Å². The fraction of sp³-hybridized carbons (Fsp3) is 0.800. The summed E-state index contributed by atoms with van der Waals surface area (Å²) in [5.74, 6) is 0. The van der Waals surface area contributed by atoms with E-state index in [2.05, 4.69) is 19.1 Å². The van der Waals surface area contributed by atoms with Crippen molar-refractivity contribution in [3.8, 4) is 0 Å². The maximum Gasteiger partial charge on any atom is 0.0871 e. The first-order valence-electron chi connectivity index (χ1n) is 4.68. The SMILES string of the molecule is C[C@@H]1C=CC2(CCCCC2)O1. The van der Waals surface area contributed by atoms with Crippen LogP contribution in [0.15, 0.2) is 12.2 Å². The molecule has 0 aromatic heterocycles. The Hall–Kier alpha value is -0.300. The third kappa shape index (κ3) is 1.34. The van der Waals surface area contributed by atoms with Crippen molar-refractivity contribution >= 4 is 0 Å². The first-order valence-corrected chi connectivity index (χ1v) is 4.68. The number of ether oxygens (including phenoxy) is 1. The van der Waals surface area contributed by atoms with Gasteiger partial charge in [-0.1, -0.05) is 31.4 Å². The Morgan fingerprint density at radius 2 is 2.00 bits per heavy atom. The molecular weight excluding hydrogens is 136 g/mol. The Morgan fingerprint density at radius 1 is 1.27 bits per heavy atom. The summed E-state index contributed by atoms with van der Waals surface area (Å²) in [6.07, 6.45) is 11.4. The van der Waals surface area contributed by atoms with E-state index in [9.17, 15) is 0 Å². The van der Waals surface area contributed by atoms with Crippen molar-refractivity contribution in [2.75, 3.05) is 0 Å². The summed E-state index contributed by atoms with van der Waals surface area (Å²) < 4.78 is 5.88. The maximum absolute atomic E-state index is 5.88. The lowest BCUT2D eigenvalue weighted by atomic mass is 9.85. The van der Waals surface area contributed by atoms with E-state index in [-0.39, 0.29) is 5.60 Å². The van der Waals surface area contributed by atoms with Crippen LogP contribution in [0.25, 0.3) is 0 Å². The minimum Gasteiger partial charge on any atom is -0.364 e. The summed E-state index contributed by atoms with van der Waals surface area (Å²) in [7, 11) is 0. The van der Waals surface area contributed by atoms with Crippen LogP contribution >= 0.6 is 0 Å². The highest BCUT2D eigenvalue weighted by Crippen LogP contribution is 2.37. The van der Waals surface area contributed by atoms with E-state index in [4.69, 9.17) is 4.74 Å². The molecule has 2 rings (SSSR count). The van der Waals surface area contributed by atoms with Crippen molar-refractivity contribution in [2.24, 2.45) is 0 Å². The molecular formula is C10H16O. The molecule has 0 aromatic rings. The Kier molecular flexibility index (Phi) is 1.76. The largest absolute Gasteiger partial charge is 0.364 e. The van der Waals surface area contributed by atoms with Gasteiger partial charge in [-0.05, 0) is 19.8 Å². The fourth-order valence-electron chi connectivity index (χ4n) is 2.19. The first kappa shape index (κ1) is 7.35. The van der Waals surface area contributed by atoms with Gasteiger partial charge in [-0.3, -0.25) is 0 Å². The van der Waals surface area contributed by atoms with Crippen LogP contribution in [0.4, 0.5) is 0 Å². The fourth-order valence-corrected chi connectivity index (χ4v) is 2.19. The third-order valence-electron chi connectivity index (χ3n) is 2.79. The van der Waals surface area contributed by atoms with E-state index in [1.807, 2.05) is 0 Å². The van der Waals surface area contributed by atoms with Crippen LogP contribution in [0.1, 0.15) is 39.0 Å². The molecule has 1 spiro atoms. The van der Waals surface area contributed by atoms with Gasteiger partial charge in [-0.25, -0.2) is 0 Å². The summed E-state index contributed by atoms with van der Waals surface area (Å²) >= 11 is 0. The average Bonchev–Trinajstić information content (AvgIpc) is 2.34. The van der Waals surface area contributed by atoms with Gasteiger partial charge in [0, 0.05) is 0 Å². The minimum atomic E-state index is 0.164. The molecule has 2 aliphatic rings. The van der Waals surface area contributed by atoms with Gasteiger partial charge in [-0.2, -0.15) is 0 Å². The second-order valence-electron chi connectivity index (χ2n) is 3.81. The molecule has 1 atom stereocenters. The van der Waals surface area contributed by atoms with Crippen molar-refractivity contribution in [1.82, 2.24) is 0 Å². The Balaban J connectivity index is 2.05. The van der Waals surface area contributed by atoms with Gasteiger partial charge in [0.2, 0.25) is 0 Å². The lowest BCUT2D eigenvalue weighted by Gasteiger charge is -2.32. The zero-order valence-corrected chi connectivity index (χ0v) is 7.18. The summed E-state index contributed by atoms with van der Waals surface area (Å²) in [5.41, 5.74) is 0.164. The first-order chi connectivity index (χ1) is 5.31. The quantitative estimate of drug-likeness (QED) is 0.485. The van der Waals surface area contributed by atoms with Crippen LogP contribution < -0.4 is 0 Å². The molecule has 62 valence electrons. The Morgan fingerprint density at radius 3 is 2.55 bits per heavy atom. The van der Waals surface area contributed by atoms with Crippen LogP contribution in [0.5, 0.6) is 0 Å². The van der Waals surface area contributed by atoms with Crippen LogP contribution in [-0.4, -0.2) is 11.7 Å². The summed E-state index contributed by atoms with van der Waals surface area (Å²) in [4.78, 5) is 0. The number of hydrogen-bond acceptors (Lipinski definition) is 1. The smallest absolute Gasteiger partial charge is 0.0871 e. The summed E-state index contributed by atoms with van der Waals surface area (Å²) in [5, 5.41) is 0.